The third-order valence-corrected chi connectivity index (χ3v) is 6.86. The van der Waals surface area contributed by atoms with Crippen LogP contribution in [0.15, 0.2) is 18.2 Å². The molecule has 1 atom stereocenters. The number of hydrogen-bond acceptors (Lipinski definition) is 6. The normalized spacial score (nSPS) is 14.2. The predicted octanol–water partition coefficient (Wildman–Crippen LogP) is 5.77. The molecule has 186 valence electrons. The minimum absolute atomic E-state index is 0.0875. The Hall–Kier alpha value is -3.61. The lowest BCUT2D eigenvalue weighted by Crippen LogP contribution is -2.19. The molecule has 1 unspecified atom stereocenters. The molecule has 1 aliphatic heterocycles. The number of phenolic OH excluding ortho intramolecular Hbond substituents is 1. The molecule has 0 radical (unpaired) electrons. The number of methoxy groups -OCH3 is 3. The number of carbonyl (C=O) groups is 1. The molecule has 1 N–H and O–H groups in total. The van der Waals surface area contributed by atoms with Crippen LogP contribution in [0.2, 0.25) is 0 Å². The number of esters is 1. The number of benzene rings is 2. The average Bonchev–Trinajstić information content (AvgIpc) is 3.13. The van der Waals surface area contributed by atoms with Crippen LogP contribution < -0.4 is 14.2 Å². The van der Waals surface area contributed by atoms with Gasteiger partial charge in [0.1, 0.15) is 5.75 Å². The first-order valence-electron chi connectivity index (χ1n) is 11.7. The SMILES string of the molecule is CCOC(=O)c1c(-c2cc(C)c(O)c(C)c2)c(C)n2c1-c1cc(OC)c(OC)c(OC)c1C(C)C2. The number of aryl methyl sites for hydroxylation is 2. The zero-order chi connectivity index (χ0) is 25.6. The third kappa shape index (κ3) is 3.70. The van der Waals surface area contributed by atoms with E-state index in [1.54, 1.807) is 28.3 Å². The highest BCUT2D eigenvalue weighted by atomic mass is 16.5. The van der Waals surface area contributed by atoms with Gasteiger partial charge < -0.3 is 28.6 Å². The molecule has 2 heterocycles. The van der Waals surface area contributed by atoms with E-state index in [-0.39, 0.29) is 18.3 Å². The molecule has 4 rings (SSSR count). The van der Waals surface area contributed by atoms with Crippen molar-refractivity contribution in [1.29, 1.82) is 0 Å². The van der Waals surface area contributed by atoms with Crippen molar-refractivity contribution < 1.29 is 28.8 Å². The van der Waals surface area contributed by atoms with Gasteiger partial charge in [-0.2, -0.15) is 0 Å². The lowest BCUT2D eigenvalue weighted by molar-refractivity contribution is 0.0528. The number of aromatic hydroxyl groups is 1. The minimum atomic E-state index is -0.392. The van der Waals surface area contributed by atoms with Crippen molar-refractivity contribution in [2.45, 2.75) is 47.1 Å². The molecule has 0 amide bonds. The van der Waals surface area contributed by atoms with Crippen molar-refractivity contribution in [2.24, 2.45) is 0 Å². The van der Waals surface area contributed by atoms with Crippen LogP contribution in [-0.4, -0.2) is 43.6 Å². The summed E-state index contributed by atoms with van der Waals surface area (Å²) >= 11 is 0. The fraction of sp³-hybridized carbons (Fsp3) is 0.393. The van der Waals surface area contributed by atoms with Crippen molar-refractivity contribution in [3.8, 4) is 45.4 Å². The van der Waals surface area contributed by atoms with Crippen LogP contribution in [0.3, 0.4) is 0 Å². The molecule has 0 spiro atoms. The summed E-state index contributed by atoms with van der Waals surface area (Å²) in [5, 5.41) is 10.4. The topological polar surface area (TPSA) is 79.2 Å². The zero-order valence-corrected chi connectivity index (χ0v) is 21.7. The largest absolute Gasteiger partial charge is 0.507 e. The van der Waals surface area contributed by atoms with Crippen LogP contribution in [-0.2, 0) is 11.3 Å². The lowest BCUT2D eigenvalue weighted by atomic mass is 9.87. The van der Waals surface area contributed by atoms with Crippen molar-refractivity contribution in [1.82, 2.24) is 4.57 Å². The third-order valence-electron chi connectivity index (χ3n) is 6.86. The Morgan fingerprint density at radius 2 is 1.66 bits per heavy atom. The van der Waals surface area contributed by atoms with Crippen molar-refractivity contribution in [3.05, 3.63) is 46.1 Å². The molecule has 0 fully saturated rings. The standard InChI is InChI=1S/C28H33NO6/c1-9-35-28(31)23-22(18-10-14(2)25(30)15(3)11-18)17(5)29-13-16(4)21-19(24(23)29)12-20(32-6)26(33-7)27(21)34-8/h10-12,16,30H,9,13H2,1-8H3. The second-order valence-corrected chi connectivity index (χ2v) is 8.98. The van der Waals surface area contributed by atoms with Crippen LogP contribution in [0, 0.1) is 20.8 Å². The number of nitrogens with zero attached hydrogens (tertiary/aromatic N) is 1. The highest BCUT2D eigenvalue weighted by Gasteiger charge is 2.37. The van der Waals surface area contributed by atoms with E-state index >= 15 is 0 Å². The van der Waals surface area contributed by atoms with Gasteiger partial charge in [-0.05, 0) is 62.6 Å². The number of aromatic nitrogens is 1. The number of ether oxygens (including phenoxy) is 4. The summed E-state index contributed by atoms with van der Waals surface area (Å²) in [6.07, 6.45) is 0. The molecule has 3 aromatic rings. The number of rotatable bonds is 6. The fourth-order valence-electron chi connectivity index (χ4n) is 5.33. The van der Waals surface area contributed by atoms with Gasteiger partial charge in [0, 0.05) is 34.8 Å². The van der Waals surface area contributed by atoms with E-state index in [9.17, 15) is 9.90 Å². The molecule has 7 heteroatoms. The Kier molecular flexibility index (Phi) is 6.45. The average molecular weight is 480 g/mol. The quantitative estimate of drug-likeness (QED) is 0.452. The molecule has 1 aliphatic rings. The summed E-state index contributed by atoms with van der Waals surface area (Å²) in [5.41, 5.74) is 7.20. The van der Waals surface area contributed by atoms with Crippen LogP contribution in [0.25, 0.3) is 22.4 Å². The smallest absolute Gasteiger partial charge is 0.340 e. The summed E-state index contributed by atoms with van der Waals surface area (Å²) in [6, 6.07) is 5.75. The van der Waals surface area contributed by atoms with Gasteiger partial charge in [0.2, 0.25) is 5.75 Å². The van der Waals surface area contributed by atoms with Crippen molar-refractivity contribution >= 4 is 5.97 Å². The van der Waals surface area contributed by atoms with E-state index in [2.05, 4.69) is 11.5 Å². The molecule has 0 saturated heterocycles. The van der Waals surface area contributed by atoms with Crippen molar-refractivity contribution in [2.75, 3.05) is 27.9 Å². The van der Waals surface area contributed by atoms with Crippen LogP contribution >= 0.6 is 0 Å². The molecule has 1 aromatic heterocycles. The summed E-state index contributed by atoms with van der Waals surface area (Å²) < 4.78 is 24.9. The maximum atomic E-state index is 13.5. The van der Waals surface area contributed by atoms with Crippen LogP contribution in [0.5, 0.6) is 23.0 Å². The van der Waals surface area contributed by atoms with Gasteiger partial charge in [-0.3, -0.25) is 0 Å². The molecular formula is C28H33NO6. The summed E-state index contributed by atoms with van der Waals surface area (Å²) in [5.74, 6) is 1.61. The Balaban J connectivity index is 2.14. The number of fused-ring (bicyclic) bond motifs is 3. The first-order valence-corrected chi connectivity index (χ1v) is 11.7. The number of carbonyl (C=O) groups excluding carboxylic acids is 1. The van der Waals surface area contributed by atoms with Gasteiger partial charge in [0.05, 0.1) is 39.2 Å². The molecular weight excluding hydrogens is 446 g/mol. The number of hydrogen-bond donors (Lipinski definition) is 1. The van der Waals surface area contributed by atoms with Crippen molar-refractivity contribution in [3.63, 3.8) is 0 Å². The molecule has 0 bridgehead atoms. The second-order valence-electron chi connectivity index (χ2n) is 8.98. The van der Waals surface area contributed by atoms with E-state index in [0.29, 0.717) is 29.4 Å². The Morgan fingerprint density at radius 1 is 1.03 bits per heavy atom. The summed E-state index contributed by atoms with van der Waals surface area (Å²) in [7, 11) is 4.79. The van der Waals surface area contributed by atoms with Gasteiger partial charge >= 0.3 is 5.97 Å². The van der Waals surface area contributed by atoms with Gasteiger partial charge in [0.25, 0.3) is 0 Å². The van der Waals surface area contributed by atoms with E-state index in [1.165, 1.54) is 0 Å². The van der Waals surface area contributed by atoms with Gasteiger partial charge in [-0.1, -0.05) is 6.92 Å². The monoisotopic (exact) mass is 479 g/mol. The molecule has 0 aliphatic carbocycles. The predicted molar refractivity (Wildman–Crippen MR) is 135 cm³/mol. The second kappa shape index (κ2) is 9.21. The number of phenols is 1. The summed E-state index contributed by atoms with van der Waals surface area (Å²) in [4.78, 5) is 13.5. The maximum absolute atomic E-state index is 13.5. The Bertz CT molecular complexity index is 1300. The van der Waals surface area contributed by atoms with Gasteiger partial charge in [0.15, 0.2) is 11.5 Å². The molecule has 2 aromatic carbocycles. The van der Waals surface area contributed by atoms with Crippen LogP contribution in [0.4, 0.5) is 0 Å². The molecule has 35 heavy (non-hydrogen) atoms. The molecule has 7 nitrogen and oxygen atoms in total. The van der Waals surface area contributed by atoms with Gasteiger partial charge in [-0.25, -0.2) is 4.79 Å². The Labute approximate surface area is 206 Å². The maximum Gasteiger partial charge on any atom is 0.340 e. The fourth-order valence-corrected chi connectivity index (χ4v) is 5.33. The highest BCUT2D eigenvalue weighted by molar-refractivity contribution is 6.06. The van der Waals surface area contributed by atoms with E-state index < -0.39 is 5.97 Å². The van der Waals surface area contributed by atoms with E-state index in [1.807, 2.05) is 39.0 Å². The first-order chi connectivity index (χ1) is 16.7. The summed E-state index contributed by atoms with van der Waals surface area (Å²) in [6.45, 7) is 10.6. The molecule has 0 saturated carbocycles. The Morgan fingerprint density at radius 3 is 2.20 bits per heavy atom. The highest BCUT2D eigenvalue weighted by Crippen LogP contribution is 2.53. The van der Waals surface area contributed by atoms with Crippen LogP contribution in [0.1, 0.15) is 52.5 Å². The van der Waals surface area contributed by atoms with E-state index in [4.69, 9.17) is 18.9 Å². The van der Waals surface area contributed by atoms with E-state index in [0.717, 1.165) is 44.8 Å². The first kappa shape index (κ1) is 24.5. The minimum Gasteiger partial charge on any atom is -0.507 e. The van der Waals surface area contributed by atoms with Gasteiger partial charge in [-0.15, -0.1) is 0 Å². The zero-order valence-electron chi connectivity index (χ0n) is 21.7. The lowest BCUT2D eigenvalue weighted by Gasteiger charge is -2.30.